The van der Waals surface area contributed by atoms with Crippen molar-refractivity contribution in [2.75, 3.05) is 13.7 Å². The molecular weight excluding hydrogens is 346 g/mol. The van der Waals surface area contributed by atoms with Gasteiger partial charge in [-0.25, -0.2) is 9.78 Å². The number of hydrogen-bond acceptors (Lipinski definition) is 5. The van der Waals surface area contributed by atoms with E-state index < -0.39 is 5.97 Å². The molecule has 8 nitrogen and oxygen atoms in total. The van der Waals surface area contributed by atoms with Gasteiger partial charge in [0.1, 0.15) is 5.82 Å². The van der Waals surface area contributed by atoms with Gasteiger partial charge >= 0.3 is 5.97 Å². The fourth-order valence-electron chi connectivity index (χ4n) is 3.30. The Hall–Kier alpha value is -3.42. The highest BCUT2D eigenvalue weighted by Crippen LogP contribution is 2.23. The fourth-order valence-corrected chi connectivity index (χ4v) is 3.30. The minimum Gasteiger partial charge on any atom is -0.464 e. The summed E-state index contributed by atoms with van der Waals surface area (Å²) in [7, 11) is 1.33. The second-order valence-electron chi connectivity index (χ2n) is 6.30. The Labute approximate surface area is 155 Å². The van der Waals surface area contributed by atoms with E-state index >= 15 is 0 Å². The van der Waals surface area contributed by atoms with Crippen molar-refractivity contribution >= 4 is 11.9 Å². The van der Waals surface area contributed by atoms with Crippen molar-refractivity contribution in [3.05, 3.63) is 59.7 Å². The minimum absolute atomic E-state index is 0.0729. The molecule has 0 radical (unpaired) electrons. The van der Waals surface area contributed by atoms with Crippen molar-refractivity contribution in [3.63, 3.8) is 0 Å². The van der Waals surface area contributed by atoms with Crippen LogP contribution in [0.1, 0.15) is 33.0 Å². The van der Waals surface area contributed by atoms with E-state index in [0.29, 0.717) is 31.0 Å². The number of nitrogens with one attached hydrogen (secondary N) is 1. The molecule has 1 aliphatic rings. The number of aromatic amines is 1. The molecule has 138 valence electrons. The first-order valence-electron chi connectivity index (χ1n) is 8.70. The summed E-state index contributed by atoms with van der Waals surface area (Å²) in [6.07, 6.45) is 4.15. The van der Waals surface area contributed by atoms with E-state index in [4.69, 9.17) is 4.74 Å². The Balaban J connectivity index is 1.64. The molecule has 0 spiro atoms. The highest BCUT2D eigenvalue weighted by atomic mass is 16.5. The molecule has 0 atom stereocenters. The van der Waals surface area contributed by atoms with Gasteiger partial charge < -0.3 is 14.6 Å². The molecule has 1 aromatic carbocycles. The lowest BCUT2D eigenvalue weighted by atomic mass is 10.1. The number of aryl methyl sites for hydroxylation is 1. The number of carbonyl (C=O) groups is 2. The standard InChI is InChI=1S/C19H19N5O3/c1-27-19(26)16-11-13-12-23(9-4-10-24(13)22-16)18(25)15-6-3-2-5-14(15)17-20-7-8-21-17/h2-3,5-8,11H,4,9-10,12H2,1H3,(H,20,21). The summed E-state index contributed by atoms with van der Waals surface area (Å²) in [5.74, 6) is 0.111. The van der Waals surface area contributed by atoms with E-state index in [-0.39, 0.29) is 11.6 Å². The van der Waals surface area contributed by atoms with Gasteiger partial charge in [0.25, 0.3) is 5.91 Å². The lowest BCUT2D eigenvalue weighted by molar-refractivity contribution is 0.0593. The number of nitrogens with zero attached hydrogens (tertiary/aromatic N) is 4. The number of benzene rings is 1. The number of hydrogen-bond donors (Lipinski definition) is 1. The zero-order valence-electron chi connectivity index (χ0n) is 14.9. The van der Waals surface area contributed by atoms with Crippen molar-refractivity contribution in [2.45, 2.75) is 19.5 Å². The summed E-state index contributed by atoms with van der Waals surface area (Å²) in [6.45, 7) is 1.65. The molecule has 0 fully saturated rings. The van der Waals surface area contributed by atoms with Gasteiger partial charge in [0.2, 0.25) is 0 Å². The van der Waals surface area contributed by atoms with Gasteiger partial charge in [-0.3, -0.25) is 9.48 Å². The predicted molar refractivity (Wildman–Crippen MR) is 96.9 cm³/mol. The molecule has 3 aromatic rings. The van der Waals surface area contributed by atoms with Crippen LogP contribution in [0.4, 0.5) is 0 Å². The Morgan fingerprint density at radius 1 is 1.22 bits per heavy atom. The number of imidazole rings is 1. The van der Waals surface area contributed by atoms with Crippen LogP contribution >= 0.6 is 0 Å². The van der Waals surface area contributed by atoms with Gasteiger partial charge in [0.15, 0.2) is 5.69 Å². The van der Waals surface area contributed by atoms with E-state index in [0.717, 1.165) is 17.7 Å². The van der Waals surface area contributed by atoms with E-state index in [1.807, 2.05) is 24.3 Å². The maximum atomic E-state index is 13.2. The summed E-state index contributed by atoms with van der Waals surface area (Å²) in [6, 6.07) is 9.10. The van der Waals surface area contributed by atoms with E-state index in [1.54, 1.807) is 28.0 Å². The summed E-state index contributed by atoms with van der Waals surface area (Å²) >= 11 is 0. The van der Waals surface area contributed by atoms with Gasteiger partial charge in [-0.2, -0.15) is 5.10 Å². The molecule has 1 aliphatic heterocycles. The minimum atomic E-state index is -0.475. The first-order chi connectivity index (χ1) is 13.2. The number of esters is 1. The fraction of sp³-hybridized carbons (Fsp3) is 0.263. The van der Waals surface area contributed by atoms with Crippen LogP contribution in [0.15, 0.2) is 42.7 Å². The SMILES string of the molecule is COC(=O)c1cc2n(n1)CCCN(C(=O)c1ccccc1-c1ncc[nH]1)C2. The molecule has 0 unspecified atom stereocenters. The molecule has 0 bridgehead atoms. The largest absolute Gasteiger partial charge is 0.464 e. The monoisotopic (exact) mass is 365 g/mol. The first kappa shape index (κ1) is 17.0. The Morgan fingerprint density at radius 2 is 2.07 bits per heavy atom. The molecule has 3 heterocycles. The van der Waals surface area contributed by atoms with Crippen LogP contribution in [0.5, 0.6) is 0 Å². The van der Waals surface area contributed by atoms with E-state index in [9.17, 15) is 9.59 Å². The molecule has 4 rings (SSSR count). The predicted octanol–water partition coefficient (Wildman–Crippen LogP) is 2.11. The highest BCUT2D eigenvalue weighted by Gasteiger charge is 2.25. The molecule has 0 saturated heterocycles. The topological polar surface area (TPSA) is 93.1 Å². The molecule has 2 aromatic heterocycles. The number of H-pyrrole nitrogens is 1. The summed E-state index contributed by atoms with van der Waals surface area (Å²) in [4.78, 5) is 34.1. The average Bonchev–Trinajstić information content (AvgIpc) is 3.33. The number of fused-ring (bicyclic) bond motifs is 1. The summed E-state index contributed by atoms with van der Waals surface area (Å²) in [5, 5.41) is 4.30. The third-order valence-electron chi connectivity index (χ3n) is 4.61. The normalized spacial score (nSPS) is 13.7. The van der Waals surface area contributed by atoms with Gasteiger partial charge in [0, 0.05) is 31.0 Å². The van der Waals surface area contributed by atoms with Crippen LogP contribution in [0, 0.1) is 0 Å². The maximum Gasteiger partial charge on any atom is 0.358 e. The lowest BCUT2D eigenvalue weighted by Crippen LogP contribution is -2.31. The van der Waals surface area contributed by atoms with Crippen molar-refractivity contribution in [2.24, 2.45) is 0 Å². The van der Waals surface area contributed by atoms with Crippen LogP contribution in [0.3, 0.4) is 0 Å². The number of methoxy groups -OCH3 is 1. The van der Waals surface area contributed by atoms with Gasteiger partial charge in [-0.15, -0.1) is 0 Å². The third-order valence-corrected chi connectivity index (χ3v) is 4.61. The number of rotatable bonds is 3. The number of ether oxygens (including phenoxy) is 1. The van der Waals surface area contributed by atoms with Crippen LogP contribution in [-0.4, -0.2) is 50.2 Å². The average molecular weight is 365 g/mol. The Morgan fingerprint density at radius 3 is 2.85 bits per heavy atom. The van der Waals surface area contributed by atoms with Crippen LogP contribution in [0.2, 0.25) is 0 Å². The molecular formula is C19H19N5O3. The third kappa shape index (κ3) is 3.21. The van der Waals surface area contributed by atoms with Crippen molar-refractivity contribution < 1.29 is 14.3 Å². The van der Waals surface area contributed by atoms with Crippen LogP contribution in [0.25, 0.3) is 11.4 Å². The summed E-state index contributed by atoms with van der Waals surface area (Å²) in [5.41, 5.74) is 2.43. The Bertz CT molecular complexity index is 977. The number of carbonyl (C=O) groups excluding carboxylic acids is 2. The molecule has 27 heavy (non-hydrogen) atoms. The van der Waals surface area contributed by atoms with Crippen molar-refractivity contribution in [1.29, 1.82) is 0 Å². The Kier molecular flexibility index (Phi) is 4.45. The summed E-state index contributed by atoms with van der Waals surface area (Å²) < 4.78 is 6.52. The first-order valence-corrected chi connectivity index (χ1v) is 8.70. The van der Waals surface area contributed by atoms with Crippen molar-refractivity contribution in [3.8, 4) is 11.4 Å². The lowest BCUT2D eigenvalue weighted by Gasteiger charge is -2.21. The van der Waals surface area contributed by atoms with Crippen LogP contribution in [-0.2, 0) is 17.8 Å². The molecule has 1 amide bonds. The molecule has 0 aliphatic carbocycles. The molecule has 0 saturated carbocycles. The second-order valence-corrected chi connectivity index (χ2v) is 6.30. The number of aromatic nitrogens is 4. The molecule has 8 heteroatoms. The number of amides is 1. The van der Waals surface area contributed by atoms with Gasteiger partial charge in [-0.1, -0.05) is 18.2 Å². The highest BCUT2D eigenvalue weighted by molar-refractivity contribution is 6.00. The quantitative estimate of drug-likeness (QED) is 0.718. The van der Waals surface area contributed by atoms with Crippen LogP contribution < -0.4 is 0 Å². The van der Waals surface area contributed by atoms with E-state index in [2.05, 4.69) is 15.1 Å². The smallest absolute Gasteiger partial charge is 0.358 e. The molecule has 1 N–H and O–H groups in total. The maximum absolute atomic E-state index is 13.2. The zero-order chi connectivity index (χ0) is 18.8. The second kappa shape index (κ2) is 7.06. The van der Waals surface area contributed by atoms with Gasteiger partial charge in [-0.05, 0) is 18.6 Å². The van der Waals surface area contributed by atoms with Crippen molar-refractivity contribution in [1.82, 2.24) is 24.6 Å². The van der Waals surface area contributed by atoms with Gasteiger partial charge in [0.05, 0.1) is 24.9 Å². The zero-order valence-corrected chi connectivity index (χ0v) is 14.9. The van der Waals surface area contributed by atoms with E-state index in [1.165, 1.54) is 7.11 Å².